The molecule has 2 aromatic rings. The van der Waals surface area contributed by atoms with Gasteiger partial charge in [0.15, 0.2) is 0 Å². The zero-order valence-corrected chi connectivity index (χ0v) is 21.9. The number of carbonyl (C=O) groups is 1. The third-order valence-electron chi connectivity index (χ3n) is 7.23. The van der Waals surface area contributed by atoms with E-state index in [0.717, 1.165) is 43.0 Å². The summed E-state index contributed by atoms with van der Waals surface area (Å²) in [5.41, 5.74) is 2.48. The lowest BCUT2D eigenvalue weighted by molar-refractivity contribution is -0.137. The summed E-state index contributed by atoms with van der Waals surface area (Å²) in [6.07, 6.45) is 1.60. The molecule has 3 N–H and O–H groups in total. The number of fused-ring (bicyclic) bond motifs is 1. The van der Waals surface area contributed by atoms with Crippen molar-refractivity contribution < 1.29 is 26.4 Å². The standard InChI is InChI=1S/C27H34F3N3O3S/c1-17(33-37(35,36)23-10-4-7-21(16-23)27(28,29)30)14-26(34)32-25-11-3-6-20-15-19(12-13-24(20)25)18(2)31-22-8-5-9-22/h4,7,10,12-13,15-18,22,25,31,33H,3,5-6,8-9,11,14H2,1-2H3,(H,32,34)/t17-,18+,25+/m0/s1. The fourth-order valence-electron chi connectivity index (χ4n) is 5.02. The van der Waals surface area contributed by atoms with Crippen molar-refractivity contribution >= 4 is 15.9 Å². The average molecular weight is 538 g/mol. The molecule has 10 heteroatoms. The molecule has 202 valence electrons. The molecule has 2 aliphatic carbocycles. The number of amides is 1. The Balaban J connectivity index is 1.36. The van der Waals surface area contributed by atoms with E-state index in [2.05, 4.69) is 40.5 Å². The molecule has 3 atom stereocenters. The maximum absolute atomic E-state index is 13.0. The normalized spacial score (nSPS) is 20.0. The van der Waals surface area contributed by atoms with Crippen LogP contribution in [0.15, 0.2) is 47.4 Å². The Morgan fingerprint density at radius 3 is 2.49 bits per heavy atom. The van der Waals surface area contributed by atoms with Gasteiger partial charge in [-0.05, 0) is 80.8 Å². The number of halogens is 3. The van der Waals surface area contributed by atoms with Crippen molar-refractivity contribution in [1.29, 1.82) is 0 Å². The molecule has 0 bridgehead atoms. The molecule has 0 unspecified atom stereocenters. The number of nitrogens with one attached hydrogen (secondary N) is 3. The molecule has 0 spiro atoms. The molecule has 2 aromatic carbocycles. The van der Waals surface area contributed by atoms with Crippen molar-refractivity contribution in [2.24, 2.45) is 0 Å². The quantitative estimate of drug-likeness (QED) is 0.413. The Kier molecular flexibility index (Phi) is 8.30. The number of alkyl halides is 3. The lowest BCUT2D eigenvalue weighted by Gasteiger charge is -2.31. The van der Waals surface area contributed by atoms with Gasteiger partial charge in [0.1, 0.15) is 0 Å². The van der Waals surface area contributed by atoms with Gasteiger partial charge in [-0.1, -0.05) is 30.7 Å². The van der Waals surface area contributed by atoms with Crippen LogP contribution >= 0.6 is 0 Å². The summed E-state index contributed by atoms with van der Waals surface area (Å²) in [5, 5.41) is 6.69. The maximum atomic E-state index is 13.0. The Morgan fingerprint density at radius 2 is 1.81 bits per heavy atom. The van der Waals surface area contributed by atoms with Crippen LogP contribution in [0.2, 0.25) is 0 Å². The highest BCUT2D eigenvalue weighted by molar-refractivity contribution is 7.89. The van der Waals surface area contributed by atoms with Crippen LogP contribution in [0.3, 0.4) is 0 Å². The number of sulfonamides is 1. The predicted molar refractivity (Wildman–Crippen MR) is 135 cm³/mol. The highest BCUT2D eigenvalue weighted by atomic mass is 32.2. The number of aryl methyl sites for hydroxylation is 1. The van der Waals surface area contributed by atoms with Gasteiger partial charge >= 0.3 is 6.18 Å². The number of hydrogen-bond acceptors (Lipinski definition) is 4. The molecule has 0 heterocycles. The zero-order valence-electron chi connectivity index (χ0n) is 21.1. The minimum atomic E-state index is -4.65. The first kappa shape index (κ1) is 27.6. The highest BCUT2D eigenvalue weighted by Crippen LogP contribution is 2.33. The van der Waals surface area contributed by atoms with Gasteiger partial charge in [-0.15, -0.1) is 0 Å². The zero-order chi connectivity index (χ0) is 26.8. The molecule has 37 heavy (non-hydrogen) atoms. The smallest absolute Gasteiger partial charge is 0.349 e. The summed E-state index contributed by atoms with van der Waals surface area (Å²) in [7, 11) is -4.23. The average Bonchev–Trinajstić information content (AvgIpc) is 2.80. The van der Waals surface area contributed by atoms with Crippen LogP contribution in [0.4, 0.5) is 13.2 Å². The molecular formula is C27H34F3N3O3S. The third kappa shape index (κ3) is 6.91. The lowest BCUT2D eigenvalue weighted by atomic mass is 9.85. The van der Waals surface area contributed by atoms with Gasteiger partial charge in [-0.25, -0.2) is 13.1 Å². The van der Waals surface area contributed by atoms with E-state index in [1.54, 1.807) is 0 Å². The molecule has 4 rings (SSSR count). The maximum Gasteiger partial charge on any atom is 0.416 e. The molecule has 0 aliphatic heterocycles. The minimum Gasteiger partial charge on any atom is -0.349 e. The predicted octanol–water partition coefficient (Wildman–Crippen LogP) is 5.16. The monoisotopic (exact) mass is 537 g/mol. The Hall–Kier alpha value is -2.43. The van der Waals surface area contributed by atoms with Crippen molar-refractivity contribution in [3.8, 4) is 0 Å². The highest BCUT2D eigenvalue weighted by Gasteiger charge is 2.32. The van der Waals surface area contributed by atoms with Gasteiger partial charge in [0.05, 0.1) is 16.5 Å². The summed E-state index contributed by atoms with van der Waals surface area (Å²) in [5.74, 6) is -0.318. The number of carbonyl (C=O) groups excluding carboxylic acids is 1. The second kappa shape index (κ2) is 11.1. The van der Waals surface area contributed by atoms with E-state index in [4.69, 9.17) is 0 Å². The van der Waals surface area contributed by atoms with E-state index in [0.29, 0.717) is 12.1 Å². The summed E-state index contributed by atoms with van der Waals surface area (Å²) in [6, 6.07) is 9.83. The van der Waals surface area contributed by atoms with Crippen LogP contribution in [-0.4, -0.2) is 26.4 Å². The minimum absolute atomic E-state index is 0.134. The molecule has 6 nitrogen and oxygen atoms in total. The van der Waals surface area contributed by atoms with Crippen molar-refractivity contribution in [3.63, 3.8) is 0 Å². The Labute approximate surface area is 216 Å². The summed E-state index contributed by atoms with van der Waals surface area (Å²) in [4.78, 5) is 12.3. The van der Waals surface area contributed by atoms with E-state index in [1.807, 2.05) is 0 Å². The van der Waals surface area contributed by atoms with E-state index >= 15 is 0 Å². The number of benzene rings is 2. The van der Waals surface area contributed by atoms with Gasteiger partial charge < -0.3 is 10.6 Å². The summed E-state index contributed by atoms with van der Waals surface area (Å²) >= 11 is 0. The Morgan fingerprint density at radius 1 is 1.05 bits per heavy atom. The summed E-state index contributed by atoms with van der Waals surface area (Å²) < 4.78 is 66.5. The largest absolute Gasteiger partial charge is 0.416 e. The van der Waals surface area contributed by atoms with Crippen LogP contribution in [0.25, 0.3) is 0 Å². The molecule has 1 saturated carbocycles. The topological polar surface area (TPSA) is 87.3 Å². The van der Waals surface area contributed by atoms with Crippen LogP contribution in [0, 0.1) is 0 Å². The fourth-order valence-corrected chi connectivity index (χ4v) is 6.31. The van der Waals surface area contributed by atoms with Crippen LogP contribution in [0.5, 0.6) is 0 Å². The second-order valence-electron chi connectivity index (χ2n) is 10.2. The van der Waals surface area contributed by atoms with Gasteiger partial charge in [-0.2, -0.15) is 13.2 Å². The molecule has 2 aliphatic rings. The van der Waals surface area contributed by atoms with Crippen LogP contribution < -0.4 is 15.4 Å². The van der Waals surface area contributed by atoms with Gasteiger partial charge in [0, 0.05) is 24.5 Å². The first-order valence-corrected chi connectivity index (χ1v) is 14.3. The van der Waals surface area contributed by atoms with Crippen molar-refractivity contribution in [2.45, 2.75) is 94.0 Å². The lowest BCUT2D eigenvalue weighted by Crippen LogP contribution is -2.39. The number of hydrogen-bond donors (Lipinski definition) is 3. The second-order valence-corrected chi connectivity index (χ2v) is 12.0. The van der Waals surface area contributed by atoms with Gasteiger partial charge in [0.25, 0.3) is 0 Å². The van der Waals surface area contributed by atoms with E-state index in [-0.39, 0.29) is 24.4 Å². The van der Waals surface area contributed by atoms with Gasteiger partial charge in [-0.3, -0.25) is 4.79 Å². The molecule has 1 fully saturated rings. The molecular weight excluding hydrogens is 503 g/mol. The SMILES string of the molecule is C[C@@H](CC(=O)N[C@@H]1CCCc2cc([C@@H](C)NC3CCC3)ccc21)NS(=O)(=O)c1cccc(C(F)(F)F)c1. The van der Waals surface area contributed by atoms with Crippen molar-refractivity contribution in [3.05, 3.63) is 64.7 Å². The van der Waals surface area contributed by atoms with Gasteiger partial charge in [0.2, 0.25) is 15.9 Å². The third-order valence-corrected chi connectivity index (χ3v) is 8.81. The van der Waals surface area contributed by atoms with E-state index in [9.17, 15) is 26.4 Å². The number of rotatable bonds is 9. The molecule has 1 amide bonds. The van der Waals surface area contributed by atoms with E-state index in [1.165, 1.54) is 37.3 Å². The van der Waals surface area contributed by atoms with Crippen molar-refractivity contribution in [2.75, 3.05) is 0 Å². The fraction of sp³-hybridized carbons (Fsp3) is 0.519. The van der Waals surface area contributed by atoms with Crippen molar-refractivity contribution in [1.82, 2.24) is 15.4 Å². The van der Waals surface area contributed by atoms with Crippen LogP contribution in [0.1, 0.15) is 86.7 Å². The summed E-state index contributed by atoms with van der Waals surface area (Å²) in [6.45, 7) is 3.69. The molecule has 0 radical (unpaired) electrons. The Bertz CT molecular complexity index is 1230. The first-order valence-electron chi connectivity index (χ1n) is 12.8. The van der Waals surface area contributed by atoms with Crippen LogP contribution in [-0.2, 0) is 27.4 Å². The first-order chi connectivity index (χ1) is 17.4. The van der Waals surface area contributed by atoms with E-state index < -0.39 is 32.7 Å². The molecule has 0 saturated heterocycles. The molecule has 0 aromatic heterocycles.